The van der Waals surface area contributed by atoms with Crippen LogP contribution in [0.5, 0.6) is 0 Å². The standard InChI is InChI=1S/C15H10ClFN2O3/c1-19-11-6-5-8(7-12(11)22-15(19)21)18-14(20)13-9(16)3-2-4-10(13)17/h2-7H,1H3,(H,18,20). The monoisotopic (exact) mass is 320 g/mol. The SMILES string of the molecule is Cn1c(=O)oc2cc(NC(=O)c3c(F)cccc3Cl)ccc21. The zero-order valence-electron chi connectivity index (χ0n) is 11.4. The largest absolute Gasteiger partial charge is 0.419 e. The highest BCUT2D eigenvalue weighted by Gasteiger charge is 2.16. The van der Waals surface area contributed by atoms with E-state index in [1.165, 1.54) is 22.8 Å². The van der Waals surface area contributed by atoms with Crippen molar-refractivity contribution in [3.8, 4) is 0 Å². The number of halogens is 2. The molecule has 0 fully saturated rings. The number of aromatic nitrogens is 1. The van der Waals surface area contributed by atoms with Crippen LogP contribution in [-0.4, -0.2) is 10.5 Å². The van der Waals surface area contributed by atoms with E-state index < -0.39 is 17.5 Å². The third-order valence-electron chi connectivity index (χ3n) is 3.24. The van der Waals surface area contributed by atoms with Gasteiger partial charge in [0.25, 0.3) is 5.91 Å². The van der Waals surface area contributed by atoms with Crippen molar-refractivity contribution in [2.24, 2.45) is 7.05 Å². The maximum absolute atomic E-state index is 13.7. The number of oxazole rings is 1. The summed E-state index contributed by atoms with van der Waals surface area (Å²) in [5.74, 6) is -1.89. The summed E-state index contributed by atoms with van der Waals surface area (Å²) in [5, 5.41) is 2.54. The van der Waals surface area contributed by atoms with Gasteiger partial charge < -0.3 is 9.73 Å². The quantitative estimate of drug-likeness (QED) is 0.788. The van der Waals surface area contributed by atoms with Crippen molar-refractivity contribution >= 4 is 34.3 Å². The number of nitrogens with zero attached hydrogens (tertiary/aromatic N) is 1. The summed E-state index contributed by atoms with van der Waals surface area (Å²) >= 11 is 5.85. The Morgan fingerprint density at radius 1 is 1.32 bits per heavy atom. The molecule has 1 N–H and O–H groups in total. The van der Waals surface area contributed by atoms with Gasteiger partial charge >= 0.3 is 5.76 Å². The molecule has 0 aliphatic rings. The lowest BCUT2D eigenvalue weighted by Gasteiger charge is -2.07. The van der Waals surface area contributed by atoms with Crippen LogP contribution in [-0.2, 0) is 7.05 Å². The molecule has 0 aliphatic carbocycles. The second-order valence-electron chi connectivity index (χ2n) is 4.66. The lowest BCUT2D eigenvalue weighted by Crippen LogP contribution is -2.14. The normalized spacial score (nSPS) is 10.9. The van der Waals surface area contributed by atoms with Gasteiger partial charge in [-0.25, -0.2) is 9.18 Å². The average molecular weight is 321 g/mol. The smallest absolute Gasteiger partial charge is 0.408 e. The molecule has 3 rings (SSSR count). The molecule has 0 radical (unpaired) electrons. The van der Waals surface area contributed by atoms with E-state index in [9.17, 15) is 14.0 Å². The molecule has 7 heteroatoms. The van der Waals surface area contributed by atoms with Crippen molar-refractivity contribution in [1.82, 2.24) is 4.57 Å². The lowest BCUT2D eigenvalue weighted by atomic mass is 10.2. The third-order valence-corrected chi connectivity index (χ3v) is 3.55. The number of aryl methyl sites for hydroxylation is 1. The predicted molar refractivity (Wildman–Crippen MR) is 80.8 cm³/mol. The molecule has 1 aromatic heterocycles. The summed E-state index contributed by atoms with van der Waals surface area (Å²) in [6.07, 6.45) is 0. The maximum Gasteiger partial charge on any atom is 0.419 e. The summed E-state index contributed by atoms with van der Waals surface area (Å²) in [6.45, 7) is 0. The van der Waals surface area contributed by atoms with Gasteiger partial charge in [-0.05, 0) is 24.3 Å². The van der Waals surface area contributed by atoms with E-state index in [2.05, 4.69) is 5.32 Å². The number of nitrogens with one attached hydrogen (secondary N) is 1. The molecular weight excluding hydrogens is 311 g/mol. The van der Waals surface area contributed by atoms with Crippen molar-refractivity contribution in [1.29, 1.82) is 0 Å². The second kappa shape index (κ2) is 5.31. The van der Waals surface area contributed by atoms with Gasteiger partial charge in [0.2, 0.25) is 0 Å². The van der Waals surface area contributed by atoms with E-state index in [1.54, 1.807) is 19.2 Å². The van der Waals surface area contributed by atoms with Crippen LogP contribution >= 0.6 is 11.6 Å². The van der Waals surface area contributed by atoms with E-state index in [1.807, 2.05) is 0 Å². The maximum atomic E-state index is 13.7. The van der Waals surface area contributed by atoms with Crippen LogP contribution in [0.1, 0.15) is 10.4 Å². The Balaban J connectivity index is 1.96. The molecule has 0 bridgehead atoms. The minimum atomic E-state index is -0.711. The molecule has 0 atom stereocenters. The first-order valence-electron chi connectivity index (χ1n) is 6.32. The van der Waals surface area contributed by atoms with Gasteiger partial charge in [-0.3, -0.25) is 9.36 Å². The number of anilines is 1. The summed E-state index contributed by atoms with van der Waals surface area (Å²) in [5.41, 5.74) is 1.04. The van der Waals surface area contributed by atoms with Crippen molar-refractivity contribution in [2.45, 2.75) is 0 Å². The molecule has 0 aliphatic heterocycles. The van der Waals surface area contributed by atoms with Gasteiger partial charge in [0.1, 0.15) is 5.82 Å². The molecule has 1 heterocycles. The minimum Gasteiger partial charge on any atom is -0.408 e. The van der Waals surface area contributed by atoms with Crippen LogP contribution in [0.4, 0.5) is 10.1 Å². The molecule has 112 valence electrons. The molecule has 3 aromatic rings. The Morgan fingerprint density at radius 2 is 2.09 bits per heavy atom. The Labute approximate surface area is 128 Å². The number of rotatable bonds is 2. The van der Waals surface area contributed by atoms with E-state index >= 15 is 0 Å². The van der Waals surface area contributed by atoms with Gasteiger partial charge in [-0.15, -0.1) is 0 Å². The highest BCUT2D eigenvalue weighted by molar-refractivity contribution is 6.34. The van der Waals surface area contributed by atoms with E-state index in [0.717, 1.165) is 6.07 Å². The Bertz CT molecular complexity index is 925. The molecule has 2 aromatic carbocycles. The Hall–Kier alpha value is -2.60. The topological polar surface area (TPSA) is 64.2 Å². The number of carbonyl (C=O) groups is 1. The minimum absolute atomic E-state index is 0.0184. The predicted octanol–water partition coefficient (Wildman–Crippen LogP) is 3.18. The number of amides is 1. The third kappa shape index (κ3) is 2.37. The molecule has 0 unspecified atom stereocenters. The summed E-state index contributed by atoms with van der Waals surface area (Å²) < 4.78 is 20.1. The van der Waals surface area contributed by atoms with Crippen LogP contribution in [0.3, 0.4) is 0 Å². The molecule has 5 nitrogen and oxygen atoms in total. The fourth-order valence-corrected chi connectivity index (χ4v) is 2.37. The summed E-state index contributed by atoms with van der Waals surface area (Å²) in [6, 6.07) is 8.70. The number of hydrogen-bond acceptors (Lipinski definition) is 3. The number of hydrogen-bond donors (Lipinski definition) is 1. The highest BCUT2D eigenvalue weighted by Crippen LogP contribution is 2.22. The molecule has 22 heavy (non-hydrogen) atoms. The second-order valence-corrected chi connectivity index (χ2v) is 5.07. The van der Waals surface area contributed by atoms with E-state index in [-0.39, 0.29) is 10.6 Å². The van der Waals surface area contributed by atoms with Crippen molar-refractivity contribution < 1.29 is 13.6 Å². The van der Waals surface area contributed by atoms with Crippen LogP contribution in [0.2, 0.25) is 5.02 Å². The Morgan fingerprint density at radius 3 is 2.82 bits per heavy atom. The van der Waals surface area contributed by atoms with Gasteiger partial charge in [0.05, 0.1) is 16.1 Å². The van der Waals surface area contributed by atoms with Crippen molar-refractivity contribution in [3.63, 3.8) is 0 Å². The van der Waals surface area contributed by atoms with Crippen LogP contribution in [0.15, 0.2) is 45.6 Å². The molecule has 1 amide bonds. The fraction of sp³-hybridized carbons (Fsp3) is 0.0667. The number of carbonyl (C=O) groups excluding carboxylic acids is 1. The fourth-order valence-electron chi connectivity index (χ4n) is 2.12. The van der Waals surface area contributed by atoms with Crippen LogP contribution in [0.25, 0.3) is 11.1 Å². The van der Waals surface area contributed by atoms with Gasteiger partial charge in [0.15, 0.2) is 5.58 Å². The summed E-state index contributed by atoms with van der Waals surface area (Å²) in [4.78, 5) is 23.6. The van der Waals surface area contributed by atoms with Crippen molar-refractivity contribution in [2.75, 3.05) is 5.32 Å². The first-order valence-corrected chi connectivity index (χ1v) is 6.70. The van der Waals surface area contributed by atoms with E-state index in [0.29, 0.717) is 16.8 Å². The molecular formula is C15H10ClFN2O3. The number of benzene rings is 2. The molecule has 0 saturated carbocycles. The molecule has 0 spiro atoms. The summed E-state index contributed by atoms with van der Waals surface area (Å²) in [7, 11) is 1.57. The highest BCUT2D eigenvalue weighted by atomic mass is 35.5. The average Bonchev–Trinajstić information content (AvgIpc) is 2.73. The van der Waals surface area contributed by atoms with Crippen molar-refractivity contribution in [3.05, 3.63) is 63.4 Å². The Kier molecular flexibility index (Phi) is 3.46. The molecule has 0 saturated heterocycles. The number of fused-ring (bicyclic) bond motifs is 1. The van der Waals surface area contributed by atoms with Gasteiger partial charge in [-0.2, -0.15) is 0 Å². The van der Waals surface area contributed by atoms with Gasteiger partial charge in [-0.1, -0.05) is 17.7 Å². The van der Waals surface area contributed by atoms with Crippen LogP contribution < -0.4 is 11.1 Å². The zero-order chi connectivity index (χ0) is 15.9. The van der Waals surface area contributed by atoms with E-state index in [4.69, 9.17) is 16.0 Å². The van der Waals surface area contributed by atoms with Gasteiger partial charge in [0, 0.05) is 18.8 Å². The first kappa shape index (κ1) is 14.3. The zero-order valence-corrected chi connectivity index (χ0v) is 12.1. The van der Waals surface area contributed by atoms with Crippen LogP contribution in [0, 0.1) is 5.82 Å². The first-order chi connectivity index (χ1) is 10.5. The lowest BCUT2D eigenvalue weighted by molar-refractivity contribution is 0.102.